The van der Waals surface area contributed by atoms with E-state index in [1.807, 2.05) is 0 Å². The first kappa shape index (κ1) is 8.39. The molecule has 0 aromatic heterocycles. The number of hydrogen-bond acceptors (Lipinski definition) is 3. The van der Waals surface area contributed by atoms with Gasteiger partial charge < -0.3 is 5.21 Å². The Morgan fingerprint density at radius 1 is 1.33 bits per heavy atom. The van der Waals surface area contributed by atoms with Gasteiger partial charge in [0.05, 0.1) is 0 Å². The lowest BCUT2D eigenvalue weighted by Gasteiger charge is -1.95. The first-order valence-corrected chi connectivity index (χ1v) is 3.23. The SMILES string of the molecule is O=C(F)/C(=N\O)c1ccccc1. The van der Waals surface area contributed by atoms with Crippen LogP contribution in [-0.2, 0) is 4.79 Å². The van der Waals surface area contributed by atoms with E-state index < -0.39 is 11.7 Å². The van der Waals surface area contributed by atoms with E-state index in [9.17, 15) is 9.18 Å². The Morgan fingerprint density at radius 3 is 2.33 bits per heavy atom. The third kappa shape index (κ3) is 1.66. The summed E-state index contributed by atoms with van der Waals surface area (Å²) in [6.07, 6.45) is 0. The molecule has 0 fully saturated rings. The number of benzene rings is 1. The third-order valence-corrected chi connectivity index (χ3v) is 1.33. The minimum Gasteiger partial charge on any atom is -0.410 e. The van der Waals surface area contributed by atoms with Crippen molar-refractivity contribution in [3.05, 3.63) is 35.9 Å². The molecular weight excluding hydrogens is 161 g/mol. The summed E-state index contributed by atoms with van der Waals surface area (Å²) in [4.78, 5) is 10.2. The van der Waals surface area contributed by atoms with Crippen LogP contribution in [0.1, 0.15) is 5.56 Å². The summed E-state index contributed by atoms with van der Waals surface area (Å²) in [6.45, 7) is 0. The molecule has 3 nitrogen and oxygen atoms in total. The van der Waals surface area contributed by atoms with E-state index >= 15 is 0 Å². The van der Waals surface area contributed by atoms with Crippen LogP contribution in [0.2, 0.25) is 0 Å². The van der Waals surface area contributed by atoms with E-state index in [-0.39, 0.29) is 5.56 Å². The van der Waals surface area contributed by atoms with Crippen molar-refractivity contribution < 1.29 is 14.4 Å². The molecule has 0 aliphatic rings. The highest BCUT2D eigenvalue weighted by molar-refractivity contribution is 6.42. The fourth-order valence-electron chi connectivity index (χ4n) is 0.807. The average Bonchev–Trinajstić information content (AvgIpc) is 2.07. The third-order valence-electron chi connectivity index (χ3n) is 1.33. The van der Waals surface area contributed by atoms with Crippen LogP contribution in [0.15, 0.2) is 35.5 Å². The number of nitrogens with zero attached hydrogens (tertiary/aromatic N) is 1. The lowest BCUT2D eigenvalue weighted by molar-refractivity contribution is -0.122. The summed E-state index contributed by atoms with van der Waals surface area (Å²) in [7, 11) is 0. The molecule has 0 unspecified atom stereocenters. The summed E-state index contributed by atoms with van der Waals surface area (Å²) in [5.41, 5.74) is -0.317. The van der Waals surface area contributed by atoms with E-state index in [0.717, 1.165) is 0 Å². The summed E-state index contributed by atoms with van der Waals surface area (Å²) in [5, 5.41) is 10.8. The Bertz CT molecular complexity index is 308. The maximum Gasteiger partial charge on any atom is 0.354 e. The maximum absolute atomic E-state index is 12.1. The lowest BCUT2D eigenvalue weighted by Crippen LogP contribution is -2.09. The maximum atomic E-state index is 12.1. The van der Waals surface area contributed by atoms with Gasteiger partial charge in [0.25, 0.3) is 0 Å². The first-order valence-electron chi connectivity index (χ1n) is 3.23. The smallest absolute Gasteiger partial charge is 0.354 e. The largest absolute Gasteiger partial charge is 0.410 e. The van der Waals surface area contributed by atoms with Crippen molar-refractivity contribution in [2.24, 2.45) is 5.16 Å². The molecule has 0 spiro atoms. The molecule has 1 aromatic rings. The highest BCUT2D eigenvalue weighted by Crippen LogP contribution is 2.02. The Hall–Kier alpha value is -1.71. The van der Waals surface area contributed by atoms with Crippen molar-refractivity contribution in [1.29, 1.82) is 0 Å². The second kappa shape index (κ2) is 3.61. The van der Waals surface area contributed by atoms with Crippen LogP contribution in [0, 0.1) is 0 Å². The standard InChI is InChI=1S/C8H6FNO2/c9-8(11)7(10-12)6-4-2-1-3-5-6/h1-5,12H/b10-7-. The Kier molecular flexibility index (Phi) is 2.53. The predicted octanol–water partition coefficient (Wildman–Crippen LogP) is 1.36. The molecule has 1 aromatic carbocycles. The molecule has 0 amide bonds. The molecule has 0 aliphatic heterocycles. The molecular formula is C8H6FNO2. The van der Waals surface area contributed by atoms with Crippen LogP contribution in [0.25, 0.3) is 0 Å². The van der Waals surface area contributed by atoms with Gasteiger partial charge in [-0.2, -0.15) is 4.39 Å². The molecule has 0 aliphatic carbocycles. The van der Waals surface area contributed by atoms with Crippen LogP contribution >= 0.6 is 0 Å². The van der Waals surface area contributed by atoms with E-state index in [2.05, 4.69) is 5.16 Å². The van der Waals surface area contributed by atoms with Gasteiger partial charge in [-0.05, 0) is 0 Å². The summed E-state index contributed by atoms with van der Waals surface area (Å²) >= 11 is 0. The number of hydrogen-bond donors (Lipinski definition) is 1. The van der Waals surface area contributed by atoms with Crippen molar-refractivity contribution in [2.45, 2.75) is 0 Å². The monoisotopic (exact) mass is 167 g/mol. The van der Waals surface area contributed by atoms with Gasteiger partial charge in [0.15, 0.2) is 5.71 Å². The number of carbonyl (C=O) groups excluding carboxylic acids is 1. The van der Waals surface area contributed by atoms with Crippen molar-refractivity contribution in [3.8, 4) is 0 Å². The van der Waals surface area contributed by atoms with Gasteiger partial charge in [0.1, 0.15) is 0 Å². The highest BCUT2D eigenvalue weighted by Gasteiger charge is 2.12. The van der Waals surface area contributed by atoms with Gasteiger partial charge in [-0.25, -0.2) is 0 Å². The van der Waals surface area contributed by atoms with Gasteiger partial charge in [0.2, 0.25) is 0 Å². The number of rotatable bonds is 2. The van der Waals surface area contributed by atoms with Gasteiger partial charge >= 0.3 is 6.04 Å². The van der Waals surface area contributed by atoms with Crippen LogP contribution in [0.3, 0.4) is 0 Å². The van der Waals surface area contributed by atoms with Gasteiger partial charge in [-0.15, -0.1) is 0 Å². The molecule has 0 radical (unpaired) electrons. The molecule has 1 N–H and O–H groups in total. The van der Waals surface area contributed by atoms with E-state index in [0.29, 0.717) is 0 Å². The normalized spacial score (nSPS) is 11.2. The molecule has 4 heteroatoms. The lowest BCUT2D eigenvalue weighted by atomic mass is 10.1. The first-order chi connectivity index (χ1) is 5.75. The average molecular weight is 167 g/mol. The predicted molar refractivity (Wildman–Crippen MR) is 40.9 cm³/mol. The van der Waals surface area contributed by atoms with Crippen molar-refractivity contribution in [1.82, 2.24) is 0 Å². The van der Waals surface area contributed by atoms with Gasteiger partial charge in [-0.1, -0.05) is 35.5 Å². The van der Waals surface area contributed by atoms with E-state index in [1.54, 1.807) is 18.2 Å². The minimum absolute atomic E-state index is 0.257. The molecule has 62 valence electrons. The number of halogens is 1. The molecule has 0 bridgehead atoms. The second-order valence-corrected chi connectivity index (χ2v) is 2.09. The van der Waals surface area contributed by atoms with Crippen molar-refractivity contribution >= 4 is 11.7 Å². The molecule has 0 atom stereocenters. The summed E-state index contributed by atoms with van der Waals surface area (Å²) in [6, 6.07) is 6.15. The molecule has 0 saturated carbocycles. The number of oxime groups is 1. The minimum atomic E-state index is -1.75. The molecule has 0 heterocycles. The van der Waals surface area contributed by atoms with Crippen molar-refractivity contribution in [2.75, 3.05) is 0 Å². The highest BCUT2D eigenvalue weighted by atomic mass is 19.1. The zero-order valence-electron chi connectivity index (χ0n) is 6.07. The van der Waals surface area contributed by atoms with Gasteiger partial charge in [0, 0.05) is 5.56 Å². The summed E-state index contributed by atoms with van der Waals surface area (Å²) in [5.74, 6) is 0. The molecule has 0 saturated heterocycles. The zero-order chi connectivity index (χ0) is 8.97. The quantitative estimate of drug-likeness (QED) is 0.313. The zero-order valence-corrected chi connectivity index (χ0v) is 6.07. The Labute approximate surface area is 68.1 Å². The summed E-state index contributed by atoms with van der Waals surface area (Å²) < 4.78 is 12.1. The second-order valence-electron chi connectivity index (χ2n) is 2.09. The molecule has 12 heavy (non-hydrogen) atoms. The topological polar surface area (TPSA) is 49.7 Å². The Balaban J connectivity index is 3.05. The van der Waals surface area contributed by atoms with Crippen LogP contribution < -0.4 is 0 Å². The number of carbonyl (C=O) groups is 1. The fourth-order valence-corrected chi connectivity index (χ4v) is 0.807. The fraction of sp³-hybridized carbons (Fsp3) is 0. The molecule has 1 rings (SSSR count). The van der Waals surface area contributed by atoms with Crippen LogP contribution in [0.4, 0.5) is 4.39 Å². The van der Waals surface area contributed by atoms with E-state index in [1.165, 1.54) is 12.1 Å². The van der Waals surface area contributed by atoms with Crippen LogP contribution in [0.5, 0.6) is 0 Å². The van der Waals surface area contributed by atoms with Crippen LogP contribution in [-0.4, -0.2) is 17.0 Å². The van der Waals surface area contributed by atoms with Gasteiger partial charge in [-0.3, -0.25) is 4.79 Å². The Morgan fingerprint density at radius 2 is 1.92 bits per heavy atom. The van der Waals surface area contributed by atoms with E-state index in [4.69, 9.17) is 5.21 Å². The van der Waals surface area contributed by atoms with Crippen molar-refractivity contribution in [3.63, 3.8) is 0 Å².